The smallest absolute Gasteiger partial charge is 0.274 e. The first kappa shape index (κ1) is 25.1. The zero-order valence-electron chi connectivity index (χ0n) is 20.2. The molecule has 7 nitrogen and oxygen atoms in total. The lowest BCUT2D eigenvalue weighted by Crippen LogP contribution is -2.17. The molecule has 0 bridgehead atoms. The molecular weight excluding hydrogens is 450 g/mol. The van der Waals surface area contributed by atoms with Crippen molar-refractivity contribution >= 4 is 26.6 Å². The maximum atomic E-state index is 12.5. The summed E-state index contributed by atoms with van der Waals surface area (Å²) in [5.74, 6) is 1.20. The lowest BCUT2D eigenvalue weighted by molar-refractivity contribution is 0.484. The molecule has 4 rings (SSSR count). The number of aromatic nitrogens is 2. The standard InChI is InChI=1S/C24H25N3O4S.C2H6/c1-4-16-7-6-8-18(13-16)31-22-10-9-17(26-32(29,30)5-2)14-20(22)21-15-27(3)24(28)23-19(21)11-12-25-23;1-2/h6-15,25-26H,4-5H2,1-3H3;1-2H3. The van der Waals surface area contributed by atoms with Crippen LogP contribution in [0.25, 0.3) is 22.0 Å². The van der Waals surface area contributed by atoms with Gasteiger partial charge in [-0.25, -0.2) is 8.42 Å². The maximum absolute atomic E-state index is 12.5. The molecule has 2 aromatic heterocycles. The summed E-state index contributed by atoms with van der Waals surface area (Å²) in [6, 6.07) is 14.8. The molecule has 0 saturated carbocycles. The van der Waals surface area contributed by atoms with Gasteiger partial charge in [-0.3, -0.25) is 9.52 Å². The molecule has 2 aromatic carbocycles. The number of hydrogen-bond acceptors (Lipinski definition) is 4. The van der Waals surface area contributed by atoms with Crippen molar-refractivity contribution in [2.75, 3.05) is 10.5 Å². The number of nitrogens with one attached hydrogen (secondary N) is 2. The quantitative estimate of drug-likeness (QED) is 0.355. The number of benzene rings is 2. The summed E-state index contributed by atoms with van der Waals surface area (Å²) in [4.78, 5) is 15.5. The predicted octanol–water partition coefficient (Wildman–Crippen LogP) is 5.68. The van der Waals surface area contributed by atoms with E-state index in [1.165, 1.54) is 4.57 Å². The zero-order valence-corrected chi connectivity index (χ0v) is 21.0. The van der Waals surface area contributed by atoms with Crippen molar-refractivity contribution in [1.29, 1.82) is 0 Å². The van der Waals surface area contributed by atoms with Crippen LogP contribution in [0.3, 0.4) is 0 Å². The number of anilines is 1. The number of aromatic amines is 1. The molecule has 0 aliphatic rings. The summed E-state index contributed by atoms with van der Waals surface area (Å²) >= 11 is 0. The molecule has 2 heterocycles. The molecule has 180 valence electrons. The van der Waals surface area contributed by atoms with Crippen molar-refractivity contribution in [3.05, 3.63) is 76.8 Å². The van der Waals surface area contributed by atoms with E-state index in [2.05, 4.69) is 16.6 Å². The fraction of sp³-hybridized carbons (Fsp3) is 0.269. The molecule has 0 spiro atoms. The van der Waals surface area contributed by atoms with Crippen molar-refractivity contribution < 1.29 is 13.2 Å². The molecular formula is C26H31N3O4S. The number of aryl methyl sites for hydroxylation is 2. The number of fused-ring (bicyclic) bond motifs is 1. The van der Waals surface area contributed by atoms with Gasteiger partial charge in [-0.2, -0.15) is 0 Å². The summed E-state index contributed by atoms with van der Waals surface area (Å²) in [6.07, 6.45) is 4.33. The first-order valence-electron chi connectivity index (χ1n) is 11.4. The Morgan fingerprint density at radius 2 is 1.79 bits per heavy atom. The Labute approximate surface area is 200 Å². The van der Waals surface area contributed by atoms with E-state index in [0.29, 0.717) is 28.3 Å². The fourth-order valence-electron chi connectivity index (χ4n) is 3.58. The molecule has 34 heavy (non-hydrogen) atoms. The van der Waals surface area contributed by atoms with E-state index in [-0.39, 0.29) is 11.3 Å². The third-order valence-corrected chi connectivity index (χ3v) is 6.66. The molecule has 0 atom stereocenters. The lowest BCUT2D eigenvalue weighted by atomic mass is 10.0. The highest BCUT2D eigenvalue weighted by atomic mass is 32.2. The van der Waals surface area contributed by atoms with Crippen LogP contribution in [0, 0.1) is 0 Å². The average Bonchev–Trinajstić information content (AvgIpc) is 3.34. The van der Waals surface area contributed by atoms with Crippen molar-refractivity contribution in [3.63, 3.8) is 0 Å². The molecule has 8 heteroatoms. The summed E-state index contributed by atoms with van der Waals surface area (Å²) in [5.41, 5.74) is 3.32. The highest BCUT2D eigenvalue weighted by Crippen LogP contribution is 2.38. The van der Waals surface area contributed by atoms with E-state index >= 15 is 0 Å². The Bertz CT molecular complexity index is 1450. The number of nitrogens with zero attached hydrogens (tertiary/aromatic N) is 1. The number of pyridine rings is 1. The third-order valence-electron chi connectivity index (χ3n) is 5.35. The molecule has 2 N–H and O–H groups in total. The second-order valence-electron chi connectivity index (χ2n) is 7.54. The summed E-state index contributed by atoms with van der Waals surface area (Å²) in [7, 11) is -1.77. The SMILES string of the molecule is CC.CCc1cccc(Oc2ccc(NS(=O)(=O)CC)cc2-c2cn(C)c(=O)c3[nH]ccc23)c1. The highest BCUT2D eigenvalue weighted by molar-refractivity contribution is 7.92. The number of sulfonamides is 1. The van der Waals surface area contributed by atoms with Gasteiger partial charge >= 0.3 is 0 Å². The van der Waals surface area contributed by atoms with E-state index in [1.807, 2.05) is 44.2 Å². The molecule has 0 aliphatic heterocycles. The Morgan fingerprint density at radius 3 is 2.50 bits per heavy atom. The molecule has 4 aromatic rings. The topological polar surface area (TPSA) is 93.2 Å². The number of H-pyrrole nitrogens is 1. The molecule has 0 aliphatic carbocycles. The third kappa shape index (κ3) is 5.34. The van der Waals surface area contributed by atoms with Crippen molar-refractivity contribution in [1.82, 2.24) is 9.55 Å². The Hall–Kier alpha value is -3.52. The van der Waals surface area contributed by atoms with Crippen LogP contribution in [0.4, 0.5) is 5.69 Å². The second kappa shape index (κ2) is 10.6. The minimum absolute atomic E-state index is 0.0354. The highest BCUT2D eigenvalue weighted by Gasteiger charge is 2.17. The van der Waals surface area contributed by atoms with E-state index in [1.54, 1.807) is 44.6 Å². The first-order valence-corrected chi connectivity index (χ1v) is 13.0. The van der Waals surface area contributed by atoms with Crippen LogP contribution in [0.5, 0.6) is 11.5 Å². The maximum Gasteiger partial charge on any atom is 0.274 e. The van der Waals surface area contributed by atoms with E-state index in [0.717, 1.165) is 22.9 Å². The first-order chi connectivity index (χ1) is 16.3. The predicted molar refractivity (Wildman–Crippen MR) is 139 cm³/mol. The van der Waals surface area contributed by atoms with E-state index in [4.69, 9.17) is 4.74 Å². The van der Waals surface area contributed by atoms with Crippen LogP contribution in [-0.4, -0.2) is 23.7 Å². The Morgan fingerprint density at radius 1 is 1.03 bits per heavy atom. The van der Waals surface area contributed by atoms with Gasteiger partial charge in [0.05, 0.1) is 5.75 Å². The summed E-state index contributed by atoms with van der Waals surface area (Å²) in [6.45, 7) is 7.66. The number of rotatable bonds is 7. The lowest BCUT2D eigenvalue weighted by Gasteiger charge is -2.16. The Kier molecular flexibility index (Phi) is 7.83. The van der Waals surface area contributed by atoms with Crippen molar-refractivity contribution in [2.24, 2.45) is 7.05 Å². The van der Waals surface area contributed by atoms with Gasteiger partial charge in [-0.1, -0.05) is 32.9 Å². The average molecular weight is 482 g/mol. The van der Waals surface area contributed by atoms with E-state index < -0.39 is 10.0 Å². The van der Waals surface area contributed by atoms with Gasteiger partial charge in [-0.15, -0.1) is 0 Å². The van der Waals surface area contributed by atoms with Crippen LogP contribution < -0.4 is 15.0 Å². The van der Waals surface area contributed by atoms with Crippen LogP contribution >= 0.6 is 0 Å². The van der Waals surface area contributed by atoms with Gasteiger partial charge in [0.25, 0.3) is 5.56 Å². The molecule has 0 radical (unpaired) electrons. The van der Waals surface area contributed by atoms with Crippen molar-refractivity contribution in [3.8, 4) is 22.6 Å². The van der Waals surface area contributed by atoms with Gasteiger partial charge in [0.1, 0.15) is 17.0 Å². The monoisotopic (exact) mass is 481 g/mol. The van der Waals surface area contributed by atoms with Gasteiger partial charge in [-0.05, 0) is 55.3 Å². The summed E-state index contributed by atoms with van der Waals surface area (Å²) in [5, 5.41) is 0.732. The van der Waals surface area contributed by atoms with Gasteiger partial charge in [0.15, 0.2) is 0 Å². The van der Waals surface area contributed by atoms with Crippen LogP contribution in [0.15, 0.2) is 65.7 Å². The fourth-order valence-corrected chi connectivity index (χ4v) is 4.21. The number of ether oxygens (including phenoxy) is 1. The van der Waals surface area contributed by atoms with E-state index in [9.17, 15) is 13.2 Å². The molecule has 0 fully saturated rings. The number of hydrogen-bond donors (Lipinski definition) is 2. The van der Waals surface area contributed by atoms with Gasteiger partial charge < -0.3 is 14.3 Å². The minimum Gasteiger partial charge on any atom is -0.457 e. The van der Waals surface area contributed by atoms with Crippen LogP contribution in [0.2, 0.25) is 0 Å². The van der Waals surface area contributed by atoms with Crippen LogP contribution in [-0.2, 0) is 23.5 Å². The minimum atomic E-state index is -3.45. The van der Waals surface area contributed by atoms with Crippen molar-refractivity contribution in [2.45, 2.75) is 34.1 Å². The molecule has 0 amide bonds. The van der Waals surface area contributed by atoms with Gasteiger partial charge in [0, 0.05) is 41.6 Å². The van der Waals surface area contributed by atoms with Crippen LogP contribution in [0.1, 0.15) is 33.3 Å². The molecule has 0 unspecified atom stereocenters. The normalized spacial score (nSPS) is 11.1. The molecule has 0 saturated heterocycles. The van der Waals surface area contributed by atoms with Gasteiger partial charge in [0.2, 0.25) is 10.0 Å². The zero-order chi connectivity index (χ0) is 24.9. The summed E-state index contributed by atoms with van der Waals surface area (Å²) < 4.78 is 34.6. The second-order valence-corrected chi connectivity index (χ2v) is 9.56. The largest absolute Gasteiger partial charge is 0.457 e. The Balaban J connectivity index is 0.00000158.